The fourth-order valence-corrected chi connectivity index (χ4v) is 4.05. The highest BCUT2D eigenvalue weighted by atomic mass is 19.4. The Hall–Kier alpha value is -5.07. The highest BCUT2D eigenvalue weighted by Gasteiger charge is 2.38. The summed E-state index contributed by atoms with van der Waals surface area (Å²) in [5, 5.41) is 19.1. The maximum atomic E-state index is 12.2. The van der Waals surface area contributed by atoms with E-state index < -0.39 is 18.3 Å². The molecule has 0 saturated heterocycles. The molecule has 0 radical (unpaired) electrons. The zero-order valence-corrected chi connectivity index (χ0v) is 23.7. The number of aliphatic carboxylic acids is 1. The Morgan fingerprint density at radius 2 is 1.65 bits per heavy atom. The first-order valence-corrected chi connectivity index (χ1v) is 13.2. The summed E-state index contributed by atoms with van der Waals surface area (Å²) in [6, 6.07) is 20.6. The number of rotatable bonds is 8. The van der Waals surface area contributed by atoms with Gasteiger partial charge in [0, 0.05) is 38.3 Å². The minimum atomic E-state index is -5.08. The van der Waals surface area contributed by atoms with Crippen molar-refractivity contribution in [1.29, 1.82) is 0 Å². The molecule has 0 aliphatic carbocycles. The number of benzene rings is 3. The summed E-state index contributed by atoms with van der Waals surface area (Å²) in [6.45, 7) is 2.78. The highest BCUT2D eigenvalue weighted by Crippen LogP contribution is 2.31. The number of carbonyl (C=O) groups excluding carboxylic acids is 1. The van der Waals surface area contributed by atoms with E-state index in [0.717, 1.165) is 52.9 Å². The number of carboxylic acid groups (broad SMARTS) is 2. The number of alkyl halides is 3. The van der Waals surface area contributed by atoms with Crippen LogP contribution >= 0.6 is 0 Å². The van der Waals surface area contributed by atoms with Gasteiger partial charge in [-0.2, -0.15) is 13.2 Å². The van der Waals surface area contributed by atoms with Gasteiger partial charge in [-0.05, 0) is 41.8 Å². The maximum absolute atomic E-state index is 12.2. The molecule has 1 aromatic heterocycles. The number of hydrogen-bond acceptors (Lipinski definition) is 5. The number of amides is 2. The number of unbranched alkanes of at least 4 members (excludes halogenated alkanes) is 1. The number of para-hydroxylation sites is 1. The van der Waals surface area contributed by atoms with Gasteiger partial charge < -0.3 is 29.7 Å². The molecule has 4 aromatic rings. The number of urea groups is 1. The predicted octanol–water partition coefficient (Wildman–Crippen LogP) is 6.88. The van der Waals surface area contributed by atoms with E-state index in [0.29, 0.717) is 17.9 Å². The highest BCUT2D eigenvalue weighted by molar-refractivity contribution is 5.92. The van der Waals surface area contributed by atoms with Gasteiger partial charge in [-0.3, -0.25) is 0 Å². The average molecular weight is 601 g/mol. The number of nitrogens with zero attached hydrogens (tertiary/aromatic N) is 3. The van der Waals surface area contributed by atoms with Gasteiger partial charge >= 0.3 is 24.3 Å². The summed E-state index contributed by atoms with van der Waals surface area (Å²) in [4.78, 5) is 38.5. The van der Waals surface area contributed by atoms with Crippen LogP contribution in [0.3, 0.4) is 0 Å². The average Bonchev–Trinajstić information content (AvgIpc) is 3.28. The van der Waals surface area contributed by atoms with Crippen LogP contribution in [0.2, 0.25) is 0 Å². The Morgan fingerprint density at radius 1 is 1.00 bits per heavy atom. The molecule has 0 spiro atoms. The van der Waals surface area contributed by atoms with Crippen LogP contribution in [0.4, 0.5) is 28.4 Å². The molecule has 1 heterocycles. The summed E-state index contributed by atoms with van der Waals surface area (Å²) in [5.41, 5.74) is 5.22. The molecule has 0 atom stereocenters. The SMILES string of the molecule is CCCCc1nc2ccc(NC(=O)N(C)C)cc2n1Cc1ccc(-c2ccccc2OC(=O)O)cc1.O=C(O)C(F)(F)F. The molecule has 0 aliphatic rings. The molecule has 0 aliphatic heterocycles. The van der Waals surface area contributed by atoms with Gasteiger partial charge in [-0.15, -0.1) is 0 Å². The number of carbonyl (C=O) groups is 3. The molecular weight excluding hydrogens is 569 g/mol. The van der Waals surface area contributed by atoms with Gasteiger partial charge in [0.1, 0.15) is 11.6 Å². The normalized spacial score (nSPS) is 10.9. The van der Waals surface area contributed by atoms with Crippen LogP contribution in [-0.4, -0.2) is 63.1 Å². The van der Waals surface area contributed by atoms with Crippen LogP contribution < -0.4 is 10.1 Å². The Morgan fingerprint density at radius 3 is 2.23 bits per heavy atom. The number of carboxylic acids is 1. The van der Waals surface area contributed by atoms with E-state index in [9.17, 15) is 22.8 Å². The lowest BCUT2D eigenvalue weighted by molar-refractivity contribution is -0.192. The third-order valence-corrected chi connectivity index (χ3v) is 6.17. The van der Waals surface area contributed by atoms with E-state index in [4.69, 9.17) is 24.7 Å². The van der Waals surface area contributed by atoms with E-state index >= 15 is 0 Å². The molecule has 43 heavy (non-hydrogen) atoms. The summed E-state index contributed by atoms with van der Waals surface area (Å²) in [5.74, 6) is -1.45. The lowest BCUT2D eigenvalue weighted by atomic mass is 10.0. The van der Waals surface area contributed by atoms with Gasteiger partial charge in [0.25, 0.3) is 0 Å². The fraction of sp³-hybridized carbons (Fsp3) is 0.267. The Bertz CT molecular complexity index is 1580. The van der Waals surface area contributed by atoms with Crippen molar-refractivity contribution >= 4 is 34.9 Å². The van der Waals surface area contributed by atoms with Gasteiger partial charge in [-0.1, -0.05) is 55.8 Å². The lowest BCUT2D eigenvalue weighted by Gasteiger charge is -2.13. The molecule has 13 heteroatoms. The van der Waals surface area contributed by atoms with Crippen molar-refractivity contribution in [3.63, 3.8) is 0 Å². The Kier molecular flexibility index (Phi) is 10.7. The van der Waals surface area contributed by atoms with Crippen molar-refractivity contribution in [2.75, 3.05) is 19.4 Å². The molecular formula is C30H31F3N4O6. The Labute approximate surface area is 245 Å². The Balaban J connectivity index is 0.000000646. The zero-order chi connectivity index (χ0) is 31.7. The molecule has 4 rings (SSSR count). The molecule has 3 aromatic carbocycles. The van der Waals surface area contributed by atoms with Crippen molar-refractivity contribution in [3.8, 4) is 16.9 Å². The maximum Gasteiger partial charge on any atom is 0.511 e. The fourth-order valence-electron chi connectivity index (χ4n) is 4.05. The number of nitrogens with one attached hydrogen (secondary N) is 1. The van der Waals surface area contributed by atoms with Gasteiger partial charge in [-0.25, -0.2) is 19.4 Å². The van der Waals surface area contributed by atoms with E-state index in [1.165, 1.54) is 4.90 Å². The molecule has 228 valence electrons. The number of anilines is 1. The van der Waals surface area contributed by atoms with Crippen LogP contribution in [0.5, 0.6) is 5.75 Å². The van der Waals surface area contributed by atoms with Crippen molar-refractivity contribution in [2.45, 2.75) is 38.9 Å². The van der Waals surface area contributed by atoms with Crippen LogP contribution in [0, 0.1) is 0 Å². The van der Waals surface area contributed by atoms with E-state index in [-0.39, 0.29) is 6.03 Å². The van der Waals surface area contributed by atoms with Crippen molar-refractivity contribution in [1.82, 2.24) is 14.5 Å². The number of hydrogen-bond donors (Lipinski definition) is 3. The largest absolute Gasteiger partial charge is 0.511 e. The van der Waals surface area contributed by atoms with E-state index in [2.05, 4.69) is 16.8 Å². The quantitative estimate of drug-likeness (QED) is 0.148. The second kappa shape index (κ2) is 14.2. The molecule has 2 amide bonds. The van der Waals surface area contributed by atoms with Crippen LogP contribution in [0.25, 0.3) is 22.2 Å². The summed E-state index contributed by atoms with van der Waals surface area (Å²) < 4.78 is 38.9. The second-order valence-electron chi connectivity index (χ2n) is 9.61. The number of aryl methyl sites for hydroxylation is 1. The van der Waals surface area contributed by atoms with Gasteiger partial charge in [0.05, 0.1) is 11.0 Å². The third-order valence-electron chi connectivity index (χ3n) is 6.17. The monoisotopic (exact) mass is 600 g/mol. The minimum Gasteiger partial charge on any atom is -0.475 e. The van der Waals surface area contributed by atoms with Crippen molar-refractivity contribution in [3.05, 3.63) is 78.1 Å². The van der Waals surface area contributed by atoms with E-state index in [1.54, 1.807) is 26.2 Å². The minimum absolute atomic E-state index is 0.186. The first kappa shape index (κ1) is 32.4. The molecule has 3 N–H and O–H groups in total. The van der Waals surface area contributed by atoms with Crippen LogP contribution in [0.1, 0.15) is 31.2 Å². The number of ether oxygens (including phenoxy) is 1. The smallest absolute Gasteiger partial charge is 0.475 e. The van der Waals surface area contributed by atoms with Gasteiger partial charge in [0.15, 0.2) is 0 Å². The first-order valence-electron chi connectivity index (χ1n) is 13.2. The summed E-state index contributed by atoms with van der Waals surface area (Å²) in [7, 11) is 3.41. The molecule has 0 fully saturated rings. The second-order valence-corrected chi connectivity index (χ2v) is 9.61. The van der Waals surface area contributed by atoms with Crippen LogP contribution in [0.15, 0.2) is 66.7 Å². The van der Waals surface area contributed by atoms with Crippen LogP contribution in [-0.2, 0) is 17.8 Å². The molecule has 0 saturated carbocycles. The summed E-state index contributed by atoms with van der Waals surface area (Å²) in [6.07, 6.45) is -3.46. The summed E-state index contributed by atoms with van der Waals surface area (Å²) >= 11 is 0. The lowest BCUT2D eigenvalue weighted by Crippen LogP contribution is -2.27. The topological polar surface area (TPSA) is 134 Å². The predicted molar refractivity (Wildman–Crippen MR) is 154 cm³/mol. The number of fused-ring (bicyclic) bond motifs is 1. The van der Waals surface area contributed by atoms with Gasteiger partial charge in [0.2, 0.25) is 0 Å². The van der Waals surface area contributed by atoms with Crippen molar-refractivity contribution < 1.29 is 42.5 Å². The number of imidazole rings is 1. The number of aromatic nitrogens is 2. The standard InChI is InChI=1S/C28H30N4O4.C2HF3O2/c1-4-5-10-26-30-23-16-15-21(29-27(33)31(2)3)17-24(23)32(26)18-19-11-13-20(14-12-19)22-8-6-7-9-25(22)36-28(34)35;3-2(4,5)1(6)7/h6-9,11-17H,4-5,10,18H2,1-3H3,(H,29,33)(H,34,35);(H,6,7). The molecule has 10 nitrogen and oxygen atoms in total. The van der Waals surface area contributed by atoms with Crippen molar-refractivity contribution in [2.24, 2.45) is 0 Å². The first-order chi connectivity index (χ1) is 20.3. The third kappa shape index (κ3) is 8.96. The molecule has 0 bridgehead atoms. The zero-order valence-electron chi connectivity index (χ0n) is 23.7. The number of halogens is 3. The molecule has 0 unspecified atom stereocenters. The van der Waals surface area contributed by atoms with E-state index in [1.807, 2.05) is 54.6 Å².